The zero-order valence-electron chi connectivity index (χ0n) is 12.1. The van der Waals surface area contributed by atoms with Crippen LogP contribution in [0, 0.1) is 0 Å². The molecule has 0 aliphatic heterocycles. The highest BCUT2D eigenvalue weighted by molar-refractivity contribution is 5.86. The molecule has 0 aromatic heterocycles. The number of hydrogen-bond donors (Lipinski definition) is 1. The summed E-state index contributed by atoms with van der Waals surface area (Å²) in [6.07, 6.45) is 5.95. The van der Waals surface area contributed by atoms with Gasteiger partial charge in [-0.1, -0.05) is 62.2 Å². The maximum absolute atomic E-state index is 10.2. The van der Waals surface area contributed by atoms with E-state index >= 15 is 0 Å². The first-order valence-corrected chi connectivity index (χ1v) is 5.86. The molecule has 1 aromatic rings. The number of esters is 1. The minimum Gasteiger partial charge on any atom is -0.516 e. The van der Waals surface area contributed by atoms with Crippen LogP contribution in [0.4, 0.5) is 0 Å². The highest BCUT2D eigenvalue weighted by Gasteiger charge is 1.95. The largest absolute Gasteiger partial charge is 0.516 e. The summed E-state index contributed by atoms with van der Waals surface area (Å²) < 4.78 is 4.27. The van der Waals surface area contributed by atoms with E-state index in [1.807, 2.05) is 30.3 Å². The minimum absolute atomic E-state index is 0.347. The molecule has 108 valence electrons. The van der Waals surface area contributed by atoms with Crippen molar-refractivity contribution in [2.45, 2.75) is 6.92 Å². The fourth-order valence-electron chi connectivity index (χ4n) is 0.824. The quantitative estimate of drug-likeness (QED) is 0.386. The summed E-state index contributed by atoms with van der Waals surface area (Å²) in [6.45, 7) is 11.7. The molecule has 0 unspecified atom stereocenters. The van der Waals surface area contributed by atoms with Gasteiger partial charge in [0.25, 0.3) is 0 Å². The van der Waals surface area contributed by atoms with Crippen molar-refractivity contribution in [2.24, 2.45) is 0 Å². The Labute approximate surface area is 121 Å². The zero-order valence-corrected chi connectivity index (χ0v) is 12.1. The third-order valence-corrected chi connectivity index (χ3v) is 1.77. The van der Waals surface area contributed by atoms with Crippen LogP contribution in [-0.2, 0) is 9.53 Å². The Kier molecular flexibility index (Phi) is 14.4. The summed E-state index contributed by atoms with van der Waals surface area (Å²) in [5.41, 5.74) is 1.45. The van der Waals surface area contributed by atoms with Gasteiger partial charge in [0, 0.05) is 5.57 Å². The smallest absolute Gasteiger partial charge is 0.332 e. The molecule has 0 atom stereocenters. The van der Waals surface area contributed by atoms with E-state index in [1.54, 1.807) is 25.2 Å². The molecule has 3 heteroatoms. The fraction of sp³-hybridized carbons (Fsp3) is 0.118. The minimum atomic E-state index is -0.347. The molecule has 0 radical (unpaired) electrons. The van der Waals surface area contributed by atoms with Gasteiger partial charge in [-0.05, 0) is 18.6 Å². The van der Waals surface area contributed by atoms with Crippen molar-refractivity contribution in [3.05, 3.63) is 79.6 Å². The lowest BCUT2D eigenvalue weighted by molar-refractivity contribution is -0.136. The number of hydrogen-bond acceptors (Lipinski definition) is 3. The highest BCUT2D eigenvalue weighted by Crippen LogP contribution is 1.98. The van der Waals surface area contributed by atoms with Gasteiger partial charge < -0.3 is 9.84 Å². The van der Waals surface area contributed by atoms with E-state index in [0.29, 0.717) is 5.57 Å². The number of carbonyl (C=O) groups is 1. The molecule has 0 saturated heterocycles. The van der Waals surface area contributed by atoms with Gasteiger partial charge in [-0.3, -0.25) is 0 Å². The van der Waals surface area contributed by atoms with E-state index in [0.717, 1.165) is 11.8 Å². The molecule has 0 heterocycles. The summed E-state index contributed by atoms with van der Waals surface area (Å²) in [4.78, 5) is 10.2. The van der Waals surface area contributed by atoms with Crippen LogP contribution in [-0.4, -0.2) is 18.2 Å². The molecule has 0 saturated carbocycles. The van der Waals surface area contributed by atoms with E-state index in [9.17, 15) is 4.79 Å². The normalized spacial score (nSPS) is 8.30. The van der Waals surface area contributed by atoms with Gasteiger partial charge in [-0.25, -0.2) is 4.79 Å². The Balaban J connectivity index is 0. The second-order valence-corrected chi connectivity index (χ2v) is 3.47. The standard InChI is InChI=1S/C8H8O.C5H8O2.C4H6/c9-7-6-8-4-2-1-3-5-8;1-4(2)5(6)7-3;1-3-4-2/h1-7,9H;1H2,2-3H3;3-4H,1-2H2. The van der Waals surface area contributed by atoms with Gasteiger partial charge in [0.1, 0.15) is 0 Å². The number of aliphatic hydroxyl groups is 1. The molecule has 1 aromatic carbocycles. The lowest BCUT2D eigenvalue weighted by atomic mass is 10.2. The van der Waals surface area contributed by atoms with E-state index in [2.05, 4.69) is 24.5 Å². The summed E-state index contributed by atoms with van der Waals surface area (Å²) in [6, 6.07) is 9.64. The predicted octanol–water partition coefficient (Wildman–Crippen LogP) is 4.31. The molecule has 0 fully saturated rings. The molecule has 3 nitrogen and oxygen atoms in total. The Morgan fingerprint density at radius 2 is 1.70 bits per heavy atom. The summed E-state index contributed by atoms with van der Waals surface area (Å²) in [5.74, 6) is -0.347. The number of allylic oxidation sites excluding steroid dienone is 2. The third-order valence-electron chi connectivity index (χ3n) is 1.77. The van der Waals surface area contributed by atoms with Crippen LogP contribution in [0.1, 0.15) is 12.5 Å². The van der Waals surface area contributed by atoms with Gasteiger partial charge in [0.05, 0.1) is 13.4 Å². The molecule has 0 bridgehead atoms. The van der Waals surface area contributed by atoms with Crippen molar-refractivity contribution in [1.29, 1.82) is 0 Å². The average molecular weight is 274 g/mol. The van der Waals surface area contributed by atoms with Crippen LogP contribution in [0.5, 0.6) is 0 Å². The Morgan fingerprint density at radius 3 is 1.95 bits per heavy atom. The number of benzene rings is 1. The molecular formula is C17H22O3. The van der Waals surface area contributed by atoms with Crippen LogP contribution in [0.3, 0.4) is 0 Å². The zero-order chi connectivity index (χ0) is 15.8. The first-order chi connectivity index (χ1) is 9.53. The lowest BCUT2D eigenvalue weighted by Gasteiger charge is -1.91. The first kappa shape index (κ1) is 19.8. The van der Waals surface area contributed by atoms with Crippen molar-refractivity contribution in [1.82, 2.24) is 0 Å². The Bertz CT molecular complexity index is 425. The molecule has 0 spiro atoms. The van der Waals surface area contributed by atoms with Crippen molar-refractivity contribution in [3.8, 4) is 0 Å². The summed E-state index contributed by atoms with van der Waals surface area (Å²) in [5, 5.41) is 8.34. The summed E-state index contributed by atoms with van der Waals surface area (Å²) >= 11 is 0. The number of rotatable bonds is 3. The molecule has 0 amide bonds. The average Bonchev–Trinajstić information content (AvgIpc) is 2.48. The van der Waals surface area contributed by atoms with Crippen LogP contribution in [0.25, 0.3) is 6.08 Å². The first-order valence-electron chi connectivity index (χ1n) is 5.86. The Hall–Kier alpha value is -2.55. The third kappa shape index (κ3) is 13.5. The van der Waals surface area contributed by atoms with Gasteiger partial charge in [-0.15, -0.1) is 0 Å². The van der Waals surface area contributed by atoms with Crippen LogP contribution < -0.4 is 0 Å². The highest BCUT2D eigenvalue weighted by atomic mass is 16.5. The maximum atomic E-state index is 10.2. The van der Waals surface area contributed by atoms with E-state index in [4.69, 9.17) is 5.11 Å². The van der Waals surface area contributed by atoms with Crippen molar-refractivity contribution in [2.75, 3.05) is 7.11 Å². The second kappa shape index (κ2) is 14.5. The van der Waals surface area contributed by atoms with Gasteiger partial charge in [0.15, 0.2) is 0 Å². The number of aliphatic hydroxyl groups excluding tert-OH is 1. The molecule has 1 N–H and O–H groups in total. The Morgan fingerprint density at radius 1 is 1.20 bits per heavy atom. The SMILES string of the molecule is C=C(C)C(=O)OC.C=CC=C.OC=Cc1ccccc1. The van der Waals surface area contributed by atoms with Crippen LogP contribution in [0.2, 0.25) is 0 Å². The number of ether oxygens (including phenoxy) is 1. The van der Waals surface area contributed by atoms with E-state index in [1.165, 1.54) is 7.11 Å². The van der Waals surface area contributed by atoms with Gasteiger partial charge in [0.2, 0.25) is 0 Å². The van der Waals surface area contributed by atoms with E-state index < -0.39 is 0 Å². The number of methoxy groups -OCH3 is 1. The lowest BCUT2D eigenvalue weighted by Crippen LogP contribution is -1.98. The maximum Gasteiger partial charge on any atom is 0.332 e. The summed E-state index contributed by atoms with van der Waals surface area (Å²) in [7, 11) is 1.33. The van der Waals surface area contributed by atoms with E-state index in [-0.39, 0.29) is 5.97 Å². The monoisotopic (exact) mass is 274 g/mol. The second-order valence-electron chi connectivity index (χ2n) is 3.47. The van der Waals surface area contributed by atoms with Gasteiger partial charge >= 0.3 is 5.97 Å². The topological polar surface area (TPSA) is 46.5 Å². The molecule has 0 aliphatic carbocycles. The molecular weight excluding hydrogens is 252 g/mol. The van der Waals surface area contributed by atoms with Crippen molar-refractivity contribution < 1.29 is 14.6 Å². The number of carbonyl (C=O) groups excluding carboxylic acids is 1. The van der Waals surface area contributed by atoms with Gasteiger partial charge in [-0.2, -0.15) is 0 Å². The van der Waals surface area contributed by atoms with Crippen molar-refractivity contribution in [3.63, 3.8) is 0 Å². The molecule has 1 rings (SSSR count). The van der Waals surface area contributed by atoms with Crippen LogP contribution in [0.15, 0.2) is 74.1 Å². The van der Waals surface area contributed by atoms with Crippen LogP contribution >= 0.6 is 0 Å². The fourth-order valence-corrected chi connectivity index (χ4v) is 0.824. The molecule has 0 aliphatic rings. The van der Waals surface area contributed by atoms with Crippen molar-refractivity contribution >= 4 is 12.0 Å². The predicted molar refractivity (Wildman–Crippen MR) is 85.3 cm³/mol. The molecule has 20 heavy (non-hydrogen) atoms.